The summed E-state index contributed by atoms with van der Waals surface area (Å²) in [6.07, 6.45) is -4.73. The predicted octanol–water partition coefficient (Wildman–Crippen LogP) is 6.82. The molecule has 150 valence electrons. The van der Waals surface area contributed by atoms with Crippen LogP contribution in [0.4, 0.5) is 30.6 Å². The van der Waals surface area contributed by atoms with E-state index in [4.69, 9.17) is 11.6 Å². The van der Waals surface area contributed by atoms with Crippen LogP contribution in [-0.4, -0.2) is 16.3 Å². The van der Waals surface area contributed by atoms with E-state index in [2.05, 4.69) is 46.2 Å². The molecule has 1 heterocycles. The molecule has 0 radical (unpaired) electrons. The number of azo groups is 1. The van der Waals surface area contributed by atoms with Gasteiger partial charge >= 0.3 is 6.36 Å². The van der Waals surface area contributed by atoms with Crippen molar-refractivity contribution in [1.29, 1.82) is 0 Å². The van der Waals surface area contributed by atoms with Crippen LogP contribution in [0, 0.1) is 0 Å². The second-order valence-corrected chi connectivity index (χ2v) is 6.91. The first-order chi connectivity index (χ1) is 13.8. The van der Waals surface area contributed by atoms with Crippen molar-refractivity contribution >= 4 is 45.0 Å². The fourth-order valence-electron chi connectivity index (χ4n) is 2.21. The average Bonchev–Trinajstić information content (AvgIpc) is 2.61. The maximum absolute atomic E-state index is 12.2. The SMILES string of the molecule is FC(F)(F)Oc1ccc(CN=Nc2nc(Cl)cc(Nc3cccc(Br)c3)n2)cc1. The van der Waals surface area contributed by atoms with Gasteiger partial charge in [0, 0.05) is 16.2 Å². The van der Waals surface area contributed by atoms with Crippen molar-refractivity contribution in [2.45, 2.75) is 12.9 Å². The molecule has 0 atom stereocenters. The van der Waals surface area contributed by atoms with E-state index in [0.717, 1.165) is 10.2 Å². The molecular formula is C18H12BrClF3N5O. The van der Waals surface area contributed by atoms with Gasteiger partial charge in [0.05, 0.1) is 6.54 Å². The number of aromatic nitrogens is 2. The molecule has 0 saturated heterocycles. The normalized spacial score (nSPS) is 11.6. The van der Waals surface area contributed by atoms with E-state index in [1.54, 1.807) is 6.07 Å². The maximum atomic E-state index is 12.2. The van der Waals surface area contributed by atoms with Crippen molar-refractivity contribution in [3.8, 4) is 5.75 Å². The number of benzene rings is 2. The smallest absolute Gasteiger partial charge is 0.406 e. The van der Waals surface area contributed by atoms with Gasteiger partial charge in [0.25, 0.3) is 5.95 Å². The lowest BCUT2D eigenvalue weighted by atomic mass is 10.2. The van der Waals surface area contributed by atoms with Crippen molar-refractivity contribution in [3.63, 3.8) is 0 Å². The number of anilines is 2. The first kappa shape index (κ1) is 21.0. The Labute approximate surface area is 176 Å². The highest BCUT2D eigenvalue weighted by Crippen LogP contribution is 2.24. The molecule has 3 rings (SSSR count). The first-order valence-corrected chi connectivity index (χ1v) is 9.23. The minimum atomic E-state index is -4.73. The van der Waals surface area contributed by atoms with E-state index in [1.807, 2.05) is 24.3 Å². The van der Waals surface area contributed by atoms with Gasteiger partial charge in [-0.05, 0) is 35.9 Å². The minimum Gasteiger partial charge on any atom is -0.406 e. The second-order valence-electron chi connectivity index (χ2n) is 5.60. The Morgan fingerprint density at radius 1 is 1.07 bits per heavy atom. The fourth-order valence-corrected chi connectivity index (χ4v) is 2.78. The Balaban J connectivity index is 1.65. The van der Waals surface area contributed by atoms with Crippen LogP contribution < -0.4 is 10.1 Å². The zero-order valence-electron chi connectivity index (χ0n) is 14.5. The Bertz CT molecular complexity index is 1020. The summed E-state index contributed by atoms with van der Waals surface area (Å²) in [5.41, 5.74) is 1.43. The summed E-state index contributed by atoms with van der Waals surface area (Å²) >= 11 is 9.39. The molecule has 6 nitrogen and oxygen atoms in total. The van der Waals surface area contributed by atoms with Gasteiger partial charge in [-0.15, -0.1) is 18.3 Å². The van der Waals surface area contributed by atoms with Crippen LogP contribution in [0.1, 0.15) is 5.56 Å². The highest BCUT2D eigenvalue weighted by Gasteiger charge is 2.30. The lowest BCUT2D eigenvalue weighted by Gasteiger charge is -2.08. The van der Waals surface area contributed by atoms with Crippen molar-refractivity contribution < 1.29 is 17.9 Å². The fraction of sp³-hybridized carbons (Fsp3) is 0.111. The Hall–Kier alpha value is -2.72. The Kier molecular flexibility index (Phi) is 6.65. The standard InChI is InChI=1S/C18H12BrClF3N5O/c19-12-2-1-3-13(8-12)25-16-9-15(20)26-17(27-16)28-24-10-11-4-6-14(7-5-11)29-18(21,22)23/h1-9H,10H2,(H,25,26,27). The predicted molar refractivity (Wildman–Crippen MR) is 106 cm³/mol. The number of halogens is 5. The molecule has 0 aliphatic carbocycles. The molecule has 0 aliphatic heterocycles. The summed E-state index contributed by atoms with van der Waals surface area (Å²) in [5.74, 6) is 0.178. The van der Waals surface area contributed by atoms with E-state index < -0.39 is 6.36 Å². The second kappa shape index (κ2) is 9.19. The van der Waals surface area contributed by atoms with Crippen LogP contribution in [0.3, 0.4) is 0 Å². The molecule has 2 aromatic carbocycles. The average molecular weight is 487 g/mol. The third-order valence-corrected chi connectivity index (χ3v) is 4.04. The topological polar surface area (TPSA) is 71.8 Å². The summed E-state index contributed by atoms with van der Waals surface area (Å²) in [4.78, 5) is 8.19. The molecule has 0 aliphatic rings. The first-order valence-electron chi connectivity index (χ1n) is 8.06. The summed E-state index contributed by atoms with van der Waals surface area (Å²) < 4.78 is 41.2. The van der Waals surface area contributed by atoms with Crippen molar-refractivity contribution in [2.75, 3.05) is 5.32 Å². The van der Waals surface area contributed by atoms with Gasteiger partial charge in [-0.1, -0.05) is 45.7 Å². The number of alkyl halides is 3. The number of nitrogens with zero attached hydrogens (tertiary/aromatic N) is 4. The molecule has 1 N–H and O–H groups in total. The van der Waals surface area contributed by atoms with Gasteiger partial charge in [-0.3, -0.25) is 0 Å². The molecule has 0 amide bonds. The highest BCUT2D eigenvalue weighted by atomic mass is 79.9. The Morgan fingerprint density at radius 3 is 2.52 bits per heavy atom. The zero-order valence-corrected chi connectivity index (χ0v) is 16.8. The monoisotopic (exact) mass is 485 g/mol. The van der Waals surface area contributed by atoms with Gasteiger partial charge in [-0.2, -0.15) is 15.1 Å². The van der Waals surface area contributed by atoms with Crippen molar-refractivity contribution in [2.24, 2.45) is 10.2 Å². The van der Waals surface area contributed by atoms with E-state index >= 15 is 0 Å². The van der Waals surface area contributed by atoms with Crippen molar-refractivity contribution in [1.82, 2.24) is 9.97 Å². The number of rotatable bonds is 6. The van der Waals surface area contributed by atoms with Gasteiger partial charge in [0.15, 0.2) is 0 Å². The summed E-state index contributed by atoms with van der Waals surface area (Å²) in [6, 6.07) is 14.3. The molecule has 0 spiro atoms. The maximum Gasteiger partial charge on any atom is 0.573 e. The third kappa shape index (κ3) is 6.99. The van der Waals surface area contributed by atoms with Crippen LogP contribution in [0.2, 0.25) is 5.15 Å². The highest BCUT2D eigenvalue weighted by molar-refractivity contribution is 9.10. The molecule has 0 fully saturated rings. The number of hydrogen-bond acceptors (Lipinski definition) is 6. The van der Waals surface area contributed by atoms with Crippen LogP contribution in [-0.2, 0) is 6.54 Å². The number of ether oxygens (including phenoxy) is 1. The van der Waals surface area contributed by atoms with Gasteiger partial charge in [-0.25, -0.2) is 0 Å². The van der Waals surface area contributed by atoms with E-state index in [-0.39, 0.29) is 23.4 Å². The van der Waals surface area contributed by atoms with Crippen LogP contribution in [0.25, 0.3) is 0 Å². The van der Waals surface area contributed by atoms with Gasteiger partial charge < -0.3 is 10.1 Å². The third-order valence-electron chi connectivity index (χ3n) is 3.35. The molecule has 3 aromatic rings. The lowest BCUT2D eigenvalue weighted by molar-refractivity contribution is -0.274. The largest absolute Gasteiger partial charge is 0.573 e. The quantitative estimate of drug-likeness (QED) is 0.307. The molecular weight excluding hydrogens is 475 g/mol. The zero-order chi connectivity index (χ0) is 20.9. The molecule has 1 aromatic heterocycles. The van der Waals surface area contributed by atoms with Gasteiger partial charge in [0.2, 0.25) is 0 Å². The van der Waals surface area contributed by atoms with E-state index in [1.165, 1.54) is 24.3 Å². The molecule has 0 unspecified atom stereocenters. The minimum absolute atomic E-state index is 0.0482. The molecule has 0 saturated carbocycles. The summed E-state index contributed by atoms with van der Waals surface area (Å²) in [7, 11) is 0. The van der Waals surface area contributed by atoms with Gasteiger partial charge in [0.1, 0.15) is 16.7 Å². The van der Waals surface area contributed by atoms with Crippen LogP contribution >= 0.6 is 27.5 Å². The molecule has 29 heavy (non-hydrogen) atoms. The Morgan fingerprint density at radius 2 is 1.83 bits per heavy atom. The van der Waals surface area contributed by atoms with Crippen LogP contribution in [0.15, 0.2) is 69.3 Å². The van der Waals surface area contributed by atoms with Crippen molar-refractivity contribution in [3.05, 3.63) is 69.8 Å². The van der Waals surface area contributed by atoms with E-state index in [9.17, 15) is 13.2 Å². The summed E-state index contributed by atoms with van der Waals surface area (Å²) in [5, 5.41) is 11.2. The van der Waals surface area contributed by atoms with E-state index in [0.29, 0.717) is 11.4 Å². The van der Waals surface area contributed by atoms with Crippen LogP contribution in [0.5, 0.6) is 5.75 Å². The molecule has 0 bridgehead atoms. The summed E-state index contributed by atoms with van der Waals surface area (Å²) in [6.45, 7) is 0.122. The number of hydrogen-bond donors (Lipinski definition) is 1. The molecule has 11 heteroatoms. The number of nitrogens with one attached hydrogen (secondary N) is 1. The lowest BCUT2D eigenvalue weighted by Crippen LogP contribution is -2.16.